The van der Waals surface area contributed by atoms with E-state index >= 15 is 0 Å². The first-order valence-electron chi connectivity index (χ1n) is 9.28. The minimum atomic E-state index is -2.46. The second-order valence-electron chi connectivity index (χ2n) is 6.98. The third-order valence-corrected chi connectivity index (χ3v) is 10.9. The molecule has 1 unspecified atom stereocenters. The van der Waals surface area contributed by atoms with Crippen molar-refractivity contribution in [3.63, 3.8) is 0 Å². The Morgan fingerprint density at radius 1 is 0.852 bits per heavy atom. The summed E-state index contributed by atoms with van der Waals surface area (Å²) < 4.78 is 0.253. The predicted octanol–water partition coefficient (Wildman–Crippen LogP) is 7.97. The summed E-state index contributed by atoms with van der Waals surface area (Å²) in [6.45, 7) is 4.39. The molecule has 135 valence electrons. The average Bonchev–Trinajstić information content (AvgIpc) is 3.03. The van der Waals surface area contributed by atoms with Crippen molar-refractivity contribution in [2.45, 2.75) is 23.9 Å². The summed E-state index contributed by atoms with van der Waals surface area (Å²) in [6.07, 6.45) is 3.33. The van der Waals surface area contributed by atoms with E-state index in [1.54, 1.807) is 0 Å². The molecule has 0 saturated carbocycles. The van der Waals surface area contributed by atoms with Gasteiger partial charge in [-0.2, -0.15) is 0 Å². The molecular weight excluding hydrogens is 450 g/mol. The Balaban J connectivity index is 2.05. The number of rotatable bonds is 4. The molecule has 3 aromatic rings. The first-order valence-corrected chi connectivity index (χ1v) is 17.0. The number of fused-ring (bicyclic) bond motifs is 1. The summed E-state index contributed by atoms with van der Waals surface area (Å²) in [6, 6.07) is 23.9. The summed E-state index contributed by atoms with van der Waals surface area (Å²) >= 11 is -2.46. The fourth-order valence-corrected chi connectivity index (χ4v) is 9.78. The fourth-order valence-electron chi connectivity index (χ4n) is 4.11. The van der Waals surface area contributed by atoms with Crippen LogP contribution >= 0.6 is 17.0 Å². The summed E-state index contributed by atoms with van der Waals surface area (Å²) in [5, 5.41) is 0. The molecule has 3 aromatic carbocycles. The maximum absolute atomic E-state index is 6.54. The zero-order valence-corrected chi connectivity index (χ0v) is 19.4. The van der Waals surface area contributed by atoms with Crippen molar-refractivity contribution in [3.05, 3.63) is 89.0 Å². The van der Waals surface area contributed by atoms with E-state index in [1.165, 1.54) is 44.5 Å². The number of hydrogen-bond acceptors (Lipinski definition) is 0. The van der Waals surface area contributed by atoms with Crippen LogP contribution in [0.5, 0.6) is 0 Å². The molecule has 0 saturated heterocycles. The second-order valence-corrected chi connectivity index (χ2v) is 15.8. The summed E-state index contributed by atoms with van der Waals surface area (Å²) in [4.78, 5) is 0. The normalized spacial score (nSPS) is 15.4. The van der Waals surface area contributed by atoms with E-state index < -0.39 is 19.4 Å². The molecule has 0 heterocycles. The Bertz CT molecular complexity index is 1010. The van der Waals surface area contributed by atoms with Crippen LogP contribution in [-0.4, -0.2) is 0 Å². The van der Waals surface area contributed by atoms with Gasteiger partial charge in [-0.05, 0) is 0 Å². The van der Waals surface area contributed by atoms with Gasteiger partial charge in [-0.3, -0.25) is 0 Å². The average molecular weight is 472 g/mol. The van der Waals surface area contributed by atoms with Crippen LogP contribution in [0.3, 0.4) is 0 Å². The minimum absolute atomic E-state index is 0.253. The number of benzene rings is 3. The standard InChI is InChI=1S/C24H21.2ClH.Zr/c1-3-18-9-7-8-12-21(18)24-22(19-10-5-4-6-11-19)14-13-20-15-17(2)16-23(20)24;;;/h4-16H,3H2,1-2H3;2*1H;/q;;;+2/p-2. The molecule has 0 aromatic heterocycles. The molecule has 4 rings (SSSR count). The van der Waals surface area contributed by atoms with Crippen molar-refractivity contribution >= 4 is 23.1 Å². The van der Waals surface area contributed by atoms with Gasteiger partial charge in [0.25, 0.3) is 0 Å². The molecule has 1 aliphatic carbocycles. The molecule has 0 nitrogen and oxygen atoms in total. The Kier molecular flexibility index (Phi) is 5.74. The number of allylic oxidation sites excluding steroid dienone is 1. The van der Waals surface area contributed by atoms with Gasteiger partial charge in [0.05, 0.1) is 0 Å². The van der Waals surface area contributed by atoms with Crippen molar-refractivity contribution < 1.29 is 19.4 Å². The number of aryl methyl sites for hydroxylation is 1. The van der Waals surface area contributed by atoms with Crippen LogP contribution in [0.4, 0.5) is 0 Å². The second kappa shape index (κ2) is 8.08. The molecule has 1 atom stereocenters. The molecule has 1 aliphatic rings. The number of hydrogen-bond donors (Lipinski definition) is 0. The Hall–Kier alpha value is -1.14. The van der Waals surface area contributed by atoms with Crippen molar-refractivity contribution in [3.8, 4) is 22.3 Å². The van der Waals surface area contributed by atoms with Gasteiger partial charge in [-0.15, -0.1) is 0 Å². The van der Waals surface area contributed by atoms with Gasteiger partial charge >= 0.3 is 178 Å². The van der Waals surface area contributed by atoms with E-state index in [2.05, 4.69) is 86.7 Å². The SMILES string of the molecule is CCc1ccccc1-c1c(-c2ccccc2)ccc2c1C=C(C)[CH]2[Zr]([Cl])[Cl]. The monoisotopic (exact) mass is 469 g/mol. The van der Waals surface area contributed by atoms with Crippen LogP contribution in [0.2, 0.25) is 0 Å². The third kappa shape index (κ3) is 3.51. The van der Waals surface area contributed by atoms with Gasteiger partial charge in [0, 0.05) is 0 Å². The van der Waals surface area contributed by atoms with Crippen LogP contribution in [-0.2, 0) is 25.8 Å². The molecular formula is C24H21Cl2Zr. The number of halogens is 2. The maximum atomic E-state index is 6.54. The molecule has 0 radical (unpaired) electrons. The van der Waals surface area contributed by atoms with Gasteiger partial charge in [-0.1, -0.05) is 0 Å². The van der Waals surface area contributed by atoms with E-state index in [0.29, 0.717) is 0 Å². The van der Waals surface area contributed by atoms with E-state index in [1.807, 2.05) is 0 Å². The molecule has 0 amide bonds. The summed E-state index contributed by atoms with van der Waals surface area (Å²) in [5.74, 6) is 0. The molecule has 0 N–H and O–H groups in total. The Labute approximate surface area is 176 Å². The van der Waals surface area contributed by atoms with Crippen molar-refractivity contribution in [1.82, 2.24) is 0 Å². The third-order valence-electron chi connectivity index (χ3n) is 5.39. The van der Waals surface area contributed by atoms with Crippen LogP contribution in [0, 0.1) is 0 Å². The van der Waals surface area contributed by atoms with Gasteiger partial charge in [0.2, 0.25) is 0 Å². The first-order chi connectivity index (χ1) is 13.1. The van der Waals surface area contributed by atoms with Gasteiger partial charge in [-0.25, -0.2) is 0 Å². The molecule has 0 fully saturated rings. The summed E-state index contributed by atoms with van der Waals surface area (Å²) in [5.41, 5.74) is 10.4. The van der Waals surface area contributed by atoms with E-state index in [-0.39, 0.29) is 3.63 Å². The Morgan fingerprint density at radius 2 is 1.56 bits per heavy atom. The van der Waals surface area contributed by atoms with Gasteiger partial charge < -0.3 is 0 Å². The molecule has 0 spiro atoms. The van der Waals surface area contributed by atoms with Crippen LogP contribution in [0.25, 0.3) is 28.3 Å². The molecule has 27 heavy (non-hydrogen) atoms. The van der Waals surface area contributed by atoms with Gasteiger partial charge in [0.15, 0.2) is 0 Å². The zero-order chi connectivity index (χ0) is 19.0. The van der Waals surface area contributed by atoms with Crippen molar-refractivity contribution in [2.24, 2.45) is 0 Å². The molecule has 3 heteroatoms. The van der Waals surface area contributed by atoms with Crippen LogP contribution in [0.15, 0.2) is 72.3 Å². The van der Waals surface area contributed by atoms with Crippen molar-refractivity contribution in [2.75, 3.05) is 0 Å². The quantitative estimate of drug-likeness (QED) is 0.362. The Morgan fingerprint density at radius 3 is 2.26 bits per heavy atom. The van der Waals surface area contributed by atoms with Crippen LogP contribution in [0.1, 0.15) is 34.2 Å². The van der Waals surface area contributed by atoms with Crippen LogP contribution < -0.4 is 0 Å². The zero-order valence-electron chi connectivity index (χ0n) is 15.5. The first kappa shape index (κ1) is 19.2. The summed E-state index contributed by atoms with van der Waals surface area (Å²) in [7, 11) is 13.1. The topological polar surface area (TPSA) is 0 Å². The fraction of sp³-hybridized carbons (Fsp3) is 0.167. The van der Waals surface area contributed by atoms with E-state index in [9.17, 15) is 0 Å². The van der Waals surface area contributed by atoms with Crippen molar-refractivity contribution in [1.29, 1.82) is 0 Å². The van der Waals surface area contributed by atoms with Gasteiger partial charge in [0.1, 0.15) is 0 Å². The van der Waals surface area contributed by atoms with E-state index in [0.717, 1.165) is 6.42 Å². The predicted molar refractivity (Wildman–Crippen MR) is 115 cm³/mol. The molecule has 0 aliphatic heterocycles. The van der Waals surface area contributed by atoms with E-state index in [4.69, 9.17) is 17.0 Å². The molecule has 0 bridgehead atoms.